The summed E-state index contributed by atoms with van der Waals surface area (Å²) in [5, 5.41) is 18.8. The summed E-state index contributed by atoms with van der Waals surface area (Å²) in [5.74, 6) is -4.42. The van der Waals surface area contributed by atoms with E-state index in [1.54, 1.807) is 63.2 Å². The number of carboxylic acid groups (broad SMARTS) is 2. The molecule has 0 bridgehead atoms. The third kappa shape index (κ3) is 7.99. The minimum atomic E-state index is -2.28. The summed E-state index contributed by atoms with van der Waals surface area (Å²) in [4.78, 5) is 60.8. The third-order valence-corrected chi connectivity index (χ3v) is 5.61. The molecule has 3 rings (SSSR count). The third-order valence-electron chi connectivity index (χ3n) is 5.61. The Balaban J connectivity index is 0.000000306. The van der Waals surface area contributed by atoms with E-state index in [0.717, 1.165) is 6.08 Å². The first-order valence-corrected chi connectivity index (χ1v) is 11.9. The van der Waals surface area contributed by atoms with Crippen LogP contribution in [0.5, 0.6) is 0 Å². The molecule has 0 saturated heterocycles. The number of ether oxygens (including phenoxy) is 2. The molecule has 1 aliphatic rings. The lowest BCUT2D eigenvalue weighted by Gasteiger charge is -2.33. The first-order chi connectivity index (χ1) is 18.2. The fraction of sp³-hybridized carbons (Fsp3) is 0.321. The quantitative estimate of drug-likeness (QED) is 0.300. The highest BCUT2D eigenvalue weighted by atomic mass is 16.6. The maximum atomic E-state index is 12.5. The van der Waals surface area contributed by atoms with Crippen LogP contribution >= 0.6 is 0 Å². The minimum Gasteiger partial charge on any atom is -0.480 e. The molecule has 1 aromatic heterocycles. The number of pyridine rings is 1. The molecule has 0 amide bonds. The number of aromatic amines is 1. The Kier molecular flexibility index (Phi) is 10.1. The van der Waals surface area contributed by atoms with Gasteiger partial charge in [0.25, 0.3) is 5.56 Å². The van der Waals surface area contributed by atoms with Crippen LogP contribution in [0.3, 0.4) is 0 Å². The Labute approximate surface area is 224 Å². The molecule has 2 aromatic rings. The topological polar surface area (TPSA) is 186 Å². The molecule has 11 heteroatoms. The Bertz CT molecular complexity index is 1340. The van der Waals surface area contributed by atoms with E-state index in [4.69, 9.17) is 15.2 Å². The highest BCUT2D eigenvalue weighted by molar-refractivity contribution is 6.06. The average Bonchev–Trinajstić information content (AvgIpc) is 2.84. The Morgan fingerprint density at radius 1 is 1.05 bits per heavy atom. The lowest BCUT2D eigenvalue weighted by atomic mass is 9.72. The zero-order valence-electron chi connectivity index (χ0n) is 22.1. The van der Waals surface area contributed by atoms with E-state index in [2.05, 4.69) is 4.98 Å². The van der Waals surface area contributed by atoms with Crippen molar-refractivity contribution in [2.75, 3.05) is 0 Å². The van der Waals surface area contributed by atoms with Gasteiger partial charge in [0.1, 0.15) is 12.2 Å². The molecular formula is C28H32N2O9. The SMILES string of the molecule is CC(C)(C)OC(=O)Cc1ccc[nH]c1=O.CC1=C(C(=O)O)C(N)C(C(=O)O)(C(=O)OCc2ccccc2)C=C1. The van der Waals surface area contributed by atoms with Crippen molar-refractivity contribution in [3.8, 4) is 0 Å². The number of aliphatic carboxylic acids is 2. The van der Waals surface area contributed by atoms with Crippen molar-refractivity contribution < 1.29 is 38.9 Å². The molecule has 2 unspecified atom stereocenters. The number of carbonyl (C=O) groups is 4. The van der Waals surface area contributed by atoms with Crippen LogP contribution in [0.4, 0.5) is 0 Å². The number of hydrogen-bond donors (Lipinski definition) is 4. The Morgan fingerprint density at radius 3 is 2.23 bits per heavy atom. The number of benzene rings is 1. The molecular weight excluding hydrogens is 508 g/mol. The van der Waals surface area contributed by atoms with Gasteiger partial charge in [-0.05, 0) is 44.9 Å². The molecule has 0 fully saturated rings. The number of carboxylic acids is 2. The summed E-state index contributed by atoms with van der Waals surface area (Å²) in [6, 6.07) is 10.4. The van der Waals surface area contributed by atoms with Gasteiger partial charge in [0, 0.05) is 11.8 Å². The van der Waals surface area contributed by atoms with Gasteiger partial charge in [0.05, 0.1) is 18.0 Å². The van der Waals surface area contributed by atoms with Crippen LogP contribution in [-0.4, -0.2) is 50.7 Å². The van der Waals surface area contributed by atoms with Crippen molar-refractivity contribution in [2.24, 2.45) is 11.1 Å². The van der Waals surface area contributed by atoms with Crippen LogP contribution in [0.2, 0.25) is 0 Å². The predicted octanol–water partition coefficient (Wildman–Crippen LogP) is 2.36. The number of nitrogens with one attached hydrogen (secondary N) is 1. The molecule has 2 atom stereocenters. The van der Waals surface area contributed by atoms with Gasteiger partial charge in [-0.1, -0.05) is 48.6 Å². The van der Waals surface area contributed by atoms with Gasteiger partial charge in [-0.15, -0.1) is 0 Å². The van der Waals surface area contributed by atoms with E-state index in [9.17, 15) is 34.2 Å². The van der Waals surface area contributed by atoms with Crippen LogP contribution in [-0.2, 0) is 41.7 Å². The zero-order valence-corrected chi connectivity index (χ0v) is 22.1. The smallest absolute Gasteiger partial charge is 0.333 e. The highest BCUT2D eigenvalue weighted by Gasteiger charge is 2.55. The lowest BCUT2D eigenvalue weighted by molar-refractivity contribution is -0.167. The van der Waals surface area contributed by atoms with E-state index in [1.165, 1.54) is 19.2 Å². The van der Waals surface area contributed by atoms with E-state index in [0.29, 0.717) is 16.7 Å². The Hall–Kier alpha value is -4.51. The number of allylic oxidation sites excluding steroid dienone is 2. The summed E-state index contributed by atoms with van der Waals surface area (Å²) in [6.07, 6.45) is 3.90. The van der Waals surface area contributed by atoms with Crippen molar-refractivity contribution in [3.05, 3.63) is 93.4 Å². The molecule has 1 aromatic carbocycles. The lowest BCUT2D eigenvalue weighted by Crippen LogP contribution is -2.55. The molecule has 0 aliphatic heterocycles. The van der Waals surface area contributed by atoms with E-state index >= 15 is 0 Å². The van der Waals surface area contributed by atoms with Crippen LogP contribution in [0.15, 0.2) is 76.8 Å². The average molecular weight is 541 g/mol. The molecule has 208 valence electrons. The second kappa shape index (κ2) is 12.8. The van der Waals surface area contributed by atoms with Crippen molar-refractivity contribution in [2.45, 2.75) is 52.4 Å². The zero-order chi connectivity index (χ0) is 29.4. The van der Waals surface area contributed by atoms with E-state index < -0.39 is 35.0 Å². The second-order valence-corrected chi connectivity index (χ2v) is 9.74. The van der Waals surface area contributed by atoms with Crippen molar-refractivity contribution >= 4 is 23.9 Å². The first kappa shape index (κ1) is 30.7. The summed E-state index contributed by atoms with van der Waals surface area (Å²) in [5.41, 5.74) is 3.88. The molecule has 1 heterocycles. The summed E-state index contributed by atoms with van der Waals surface area (Å²) >= 11 is 0. The van der Waals surface area contributed by atoms with Crippen molar-refractivity contribution in [1.29, 1.82) is 0 Å². The van der Waals surface area contributed by atoms with Gasteiger partial charge in [-0.2, -0.15) is 0 Å². The molecule has 0 spiro atoms. The summed E-state index contributed by atoms with van der Waals surface area (Å²) < 4.78 is 10.2. The molecule has 39 heavy (non-hydrogen) atoms. The Morgan fingerprint density at radius 2 is 1.69 bits per heavy atom. The standard InChI is InChI=1S/C17H17NO6.C11H15NO3/c1-10-7-8-17(15(21)22,13(18)12(10)14(19)20)16(23)24-9-11-5-3-2-4-6-11;1-11(2,3)15-9(13)7-8-5-4-6-12-10(8)14/h2-8,13H,9,18H2,1H3,(H,19,20)(H,21,22);4-6H,7H2,1-3H3,(H,12,14). The van der Waals surface area contributed by atoms with Gasteiger partial charge in [0.2, 0.25) is 5.41 Å². The molecule has 11 nitrogen and oxygen atoms in total. The maximum Gasteiger partial charge on any atom is 0.333 e. The van der Waals surface area contributed by atoms with Crippen LogP contribution in [0.1, 0.15) is 38.8 Å². The predicted molar refractivity (Wildman–Crippen MR) is 140 cm³/mol. The van der Waals surface area contributed by atoms with Crippen LogP contribution in [0.25, 0.3) is 0 Å². The summed E-state index contributed by atoms with van der Waals surface area (Å²) in [6.45, 7) is 6.72. The number of esters is 2. The van der Waals surface area contributed by atoms with Gasteiger partial charge >= 0.3 is 23.9 Å². The fourth-order valence-corrected chi connectivity index (χ4v) is 3.68. The second-order valence-electron chi connectivity index (χ2n) is 9.74. The van der Waals surface area contributed by atoms with Gasteiger partial charge < -0.3 is 30.4 Å². The van der Waals surface area contributed by atoms with Crippen LogP contribution < -0.4 is 11.3 Å². The van der Waals surface area contributed by atoms with Gasteiger partial charge in [-0.3, -0.25) is 19.2 Å². The molecule has 0 radical (unpaired) electrons. The molecule has 5 N–H and O–H groups in total. The van der Waals surface area contributed by atoms with E-state index in [1.807, 2.05) is 0 Å². The van der Waals surface area contributed by atoms with Crippen LogP contribution in [0, 0.1) is 5.41 Å². The number of carbonyl (C=O) groups excluding carboxylic acids is 2. The molecule has 0 saturated carbocycles. The van der Waals surface area contributed by atoms with Crippen molar-refractivity contribution in [3.63, 3.8) is 0 Å². The number of nitrogens with two attached hydrogens (primary N) is 1. The summed E-state index contributed by atoms with van der Waals surface area (Å²) in [7, 11) is 0. The largest absolute Gasteiger partial charge is 0.480 e. The normalized spacial score (nSPS) is 18.4. The monoisotopic (exact) mass is 540 g/mol. The van der Waals surface area contributed by atoms with E-state index in [-0.39, 0.29) is 30.1 Å². The van der Waals surface area contributed by atoms with Gasteiger partial charge in [0.15, 0.2) is 0 Å². The molecule has 1 aliphatic carbocycles. The fourth-order valence-electron chi connectivity index (χ4n) is 3.68. The maximum absolute atomic E-state index is 12.5. The minimum absolute atomic E-state index is 0.00738. The number of H-pyrrole nitrogens is 1. The highest BCUT2D eigenvalue weighted by Crippen LogP contribution is 2.35. The van der Waals surface area contributed by atoms with Crippen molar-refractivity contribution in [1.82, 2.24) is 4.98 Å². The number of aromatic nitrogens is 1. The number of rotatable bonds is 7. The van der Waals surface area contributed by atoms with Gasteiger partial charge in [-0.25, -0.2) is 4.79 Å². The first-order valence-electron chi connectivity index (χ1n) is 11.9. The number of hydrogen-bond acceptors (Lipinski definition) is 8.